The summed E-state index contributed by atoms with van der Waals surface area (Å²) in [5.41, 5.74) is -1.57. The van der Waals surface area contributed by atoms with Crippen LogP contribution in [0, 0.1) is 0 Å². The first-order chi connectivity index (χ1) is 14.9. The van der Waals surface area contributed by atoms with Gasteiger partial charge in [-0.15, -0.1) is 0 Å². The minimum Gasteiger partial charge on any atom is -0.370 e. The third kappa shape index (κ3) is 8.64. The van der Waals surface area contributed by atoms with Gasteiger partial charge in [0.15, 0.2) is 0 Å². The Kier molecular flexibility index (Phi) is 17.3. The quantitative estimate of drug-likeness (QED) is 0.0949. The van der Waals surface area contributed by atoms with Crippen molar-refractivity contribution in [2.24, 2.45) is 0 Å². The number of rotatable bonds is 22. The molecule has 0 radical (unpaired) electrons. The van der Waals surface area contributed by atoms with E-state index in [0.29, 0.717) is 39.6 Å². The Morgan fingerprint density at radius 3 is 1.23 bits per heavy atom. The Morgan fingerprint density at radius 2 is 0.903 bits per heavy atom. The summed E-state index contributed by atoms with van der Waals surface area (Å²) in [5.74, 6) is -1.48. The molecule has 0 aromatic carbocycles. The van der Waals surface area contributed by atoms with E-state index in [-0.39, 0.29) is 0 Å². The van der Waals surface area contributed by atoms with Crippen LogP contribution in [-0.4, -0.2) is 66.8 Å². The molecule has 0 aromatic heterocycles. The molecule has 0 bridgehead atoms. The molecule has 0 spiro atoms. The van der Waals surface area contributed by atoms with Crippen molar-refractivity contribution >= 4 is 8.80 Å². The highest BCUT2D eigenvalue weighted by molar-refractivity contribution is 6.64. The summed E-state index contributed by atoms with van der Waals surface area (Å²) in [6.45, 7) is 16.4. The molecule has 0 rings (SSSR count). The van der Waals surface area contributed by atoms with Crippen LogP contribution in [0.4, 0.5) is 0 Å². The fourth-order valence-electron chi connectivity index (χ4n) is 3.00. The lowest BCUT2D eigenvalue weighted by atomic mass is 10.3. The maximum absolute atomic E-state index is 6.49. The van der Waals surface area contributed by atoms with Crippen molar-refractivity contribution in [1.29, 1.82) is 0 Å². The minimum atomic E-state index is -3.71. The molecule has 0 aromatic rings. The topological polar surface area (TPSA) is 73.8 Å². The molecule has 0 saturated carbocycles. The Morgan fingerprint density at radius 1 is 0.548 bits per heavy atom. The molecular weight excluding hydrogens is 420 g/mol. The lowest BCUT2D eigenvalue weighted by molar-refractivity contribution is -0.482. The van der Waals surface area contributed by atoms with Gasteiger partial charge in [-0.2, -0.15) is 4.89 Å². The maximum Gasteiger partial charge on any atom is 0.570 e. The van der Waals surface area contributed by atoms with Gasteiger partial charge in [0.25, 0.3) is 11.2 Å². The van der Waals surface area contributed by atoms with Crippen molar-refractivity contribution in [2.45, 2.75) is 98.2 Å². The van der Waals surface area contributed by atoms with Gasteiger partial charge in [-0.05, 0) is 45.4 Å². The highest BCUT2D eigenvalue weighted by Gasteiger charge is 2.75. The lowest BCUT2D eigenvalue weighted by Crippen LogP contribution is -2.78. The molecule has 0 heterocycles. The molecule has 1 atom stereocenters. The van der Waals surface area contributed by atoms with Crippen molar-refractivity contribution < 1.29 is 37.3 Å². The van der Waals surface area contributed by atoms with Gasteiger partial charge in [0.05, 0.1) is 13.7 Å². The fourth-order valence-corrected chi connectivity index (χ4v) is 6.47. The van der Waals surface area contributed by atoms with Crippen LogP contribution in [-0.2, 0) is 37.3 Å². The van der Waals surface area contributed by atoms with Gasteiger partial charge in [-0.3, -0.25) is 0 Å². The normalized spacial score (nSPS) is 14.7. The van der Waals surface area contributed by atoms with Crippen LogP contribution in [0.25, 0.3) is 0 Å². The summed E-state index contributed by atoms with van der Waals surface area (Å²) >= 11 is 0. The second kappa shape index (κ2) is 17.4. The zero-order chi connectivity index (χ0) is 23.6. The monoisotopic (exact) mass is 468 g/mol. The number of hydrogen-bond donors (Lipinski definition) is 0. The predicted octanol–water partition coefficient (Wildman–Crippen LogP) is 5.01. The molecule has 9 heteroatoms. The van der Waals surface area contributed by atoms with Crippen molar-refractivity contribution in [3.05, 3.63) is 0 Å². The first-order valence-electron chi connectivity index (χ1n) is 12.0. The third-order valence-corrected chi connectivity index (χ3v) is 7.63. The summed E-state index contributed by atoms with van der Waals surface area (Å²) in [5, 5.41) is 0. The van der Waals surface area contributed by atoms with E-state index in [9.17, 15) is 0 Å². The molecule has 0 fully saturated rings. The van der Waals surface area contributed by atoms with Crippen molar-refractivity contribution in [3.63, 3.8) is 0 Å². The summed E-state index contributed by atoms with van der Waals surface area (Å²) < 4.78 is 38.5. The molecule has 0 saturated heterocycles. The molecule has 8 nitrogen and oxygen atoms in total. The highest BCUT2D eigenvalue weighted by atomic mass is 28.4. The van der Waals surface area contributed by atoms with Crippen molar-refractivity contribution in [1.82, 2.24) is 0 Å². The molecule has 0 amide bonds. The second-order valence-corrected chi connectivity index (χ2v) is 10.1. The predicted molar refractivity (Wildman–Crippen MR) is 122 cm³/mol. The Bertz CT molecular complexity index is 397. The van der Waals surface area contributed by atoms with Crippen LogP contribution in [0.3, 0.4) is 0 Å². The zero-order valence-corrected chi connectivity index (χ0v) is 22.3. The Hall–Kier alpha value is -0.103. The van der Waals surface area contributed by atoms with Gasteiger partial charge in [-0.25, -0.2) is 4.89 Å². The minimum absolute atomic E-state index is 0.386. The second-order valence-electron chi connectivity index (χ2n) is 7.46. The summed E-state index contributed by atoms with van der Waals surface area (Å²) in [7, 11) is -2.27. The van der Waals surface area contributed by atoms with Crippen LogP contribution in [0.15, 0.2) is 0 Å². The van der Waals surface area contributed by atoms with Gasteiger partial charge >= 0.3 is 8.80 Å². The van der Waals surface area contributed by atoms with E-state index in [0.717, 1.165) is 38.5 Å². The third-order valence-electron chi connectivity index (χ3n) is 4.33. The van der Waals surface area contributed by atoms with E-state index in [1.165, 1.54) is 7.11 Å². The van der Waals surface area contributed by atoms with Crippen LogP contribution >= 0.6 is 0 Å². The van der Waals surface area contributed by atoms with E-state index in [2.05, 4.69) is 0 Å². The van der Waals surface area contributed by atoms with Gasteiger partial charge < -0.3 is 27.5 Å². The Balaban J connectivity index is 6.84. The SMILES string of the molecule is CCCOC(C)(OOC)C(OCCC)(OCCC)[Si](OCCC)(OCCC)OCCC. The summed E-state index contributed by atoms with van der Waals surface area (Å²) in [6.07, 6.45) is 4.65. The van der Waals surface area contributed by atoms with E-state index >= 15 is 0 Å². The molecule has 0 aliphatic heterocycles. The maximum atomic E-state index is 6.49. The van der Waals surface area contributed by atoms with Crippen LogP contribution < -0.4 is 0 Å². The van der Waals surface area contributed by atoms with Crippen LogP contribution in [0.5, 0.6) is 0 Å². The van der Waals surface area contributed by atoms with E-state index in [1.54, 1.807) is 6.92 Å². The van der Waals surface area contributed by atoms with E-state index in [1.807, 2.05) is 41.5 Å². The average Bonchev–Trinajstić information content (AvgIpc) is 2.78. The molecule has 31 heavy (non-hydrogen) atoms. The first kappa shape index (κ1) is 30.9. The molecule has 188 valence electrons. The molecular formula is C22H48O8Si. The van der Waals surface area contributed by atoms with Crippen LogP contribution in [0.2, 0.25) is 0 Å². The van der Waals surface area contributed by atoms with E-state index < -0.39 is 20.0 Å². The first-order valence-corrected chi connectivity index (χ1v) is 13.7. The summed E-state index contributed by atoms with van der Waals surface area (Å²) in [6, 6.07) is 0. The molecule has 0 aliphatic rings. The fraction of sp³-hybridized carbons (Fsp3) is 1.00. The molecule has 0 N–H and O–H groups in total. The smallest absolute Gasteiger partial charge is 0.370 e. The average molecular weight is 469 g/mol. The van der Waals surface area contributed by atoms with Gasteiger partial charge in [0, 0.05) is 33.0 Å². The standard InChI is InChI=1S/C22H48O8Si/c1-9-15-24-21(7,30-23-8)22(25-16-10-2,26-17-11-3)31(27-18-12-4,28-19-13-5)29-20-14-6/h9-20H2,1-8H3. The van der Waals surface area contributed by atoms with Gasteiger partial charge in [0.1, 0.15) is 0 Å². The number of hydrogen-bond acceptors (Lipinski definition) is 8. The van der Waals surface area contributed by atoms with Gasteiger partial charge in [0.2, 0.25) is 0 Å². The zero-order valence-electron chi connectivity index (χ0n) is 21.3. The molecule has 0 aliphatic carbocycles. The van der Waals surface area contributed by atoms with Crippen LogP contribution in [0.1, 0.15) is 87.0 Å². The lowest BCUT2D eigenvalue weighted by Gasteiger charge is -2.51. The highest BCUT2D eigenvalue weighted by Crippen LogP contribution is 2.43. The largest absolute Gasteiger partial charge is 0.570 e. The van der Waals surface area contributed by atoms with E-state index in [4.69, 9.17) is 37.3 Å². The Labute approximate surface area is 191 Å². The summed E-state index contributed by atoms with van der Waals surface area (Å²) in [4.78, 5) is 10.9. The number of ether oxygens (including phenoxy) is 3. The van der Waals surface area contributed by atoms with Crippen molar-refractivity contribution in [2.75, 3.05) is 46.8 Å². The van der Waals surface area contributed by atoms with Gasteiger partial charge in [-0.1, -0.05) is 41.5 Å². The van der Waals surface area contributed by atoms with Crippen molar-refractivity contribution in [3.8, 4) is 0 Å². The molecule has 1 unspecified atom stereocenters.